The molecule has 1 atom stereocenters. The number of carbonyl (C=O) groups is 1. The Labute approximate surface area is 172 Å². The van der Waals surface area contributed by atoms with E-state index in [0.717, 1.165) is 5.56 Å². The largest absolute Gasteiger partial charge is 0.493 e. The Morgan fingerprint density at radius 3 is 2.21 bits per heavy atom. The molecule has 0 unspecified atom stereocenters. The average Bonchev–Trinajstić information content (AvgIpc) is 2.74. The SMILES string of the molecule is CCOc1ccc(CN(C)[C@@H](C)C(=O)Nc2ccc(OC)c(OC)c2)cc1OC. The first-order valence-corrected chi connectivity index (χ1v) is 9.46. The van der Waals surface area contributed by atoms with Crippen LogP contribution in [-0.4, -0.2) is 51.8 Å². The molecule has 0 aromatic heterocycles. The van der Waals surface area contributed by atoms with Gasteiger partial charge < -0.3 is 24.3 Å². The first-order chi connectivity index (χ1) is 13.9. The summed E-state index contributed by atoms with van der Waals surface area (Å²) in [6.07, 6.45) is 0. The summed E-state index contributed by atoms with van der Waals surface area (Å²) in [5.41, 5.74) is 1.68. The van der Waals surface area contributed by atoms with Crippen molar-refractivity contribution in [1.82, 2.24) is 4.90 Å². The molecule has 0 saturated carbocycles. The Morgan fingerprint density at radius 2 is 1.59 bits per heavy atom. The Morgan fingerprint density at radius 1 is 0.966 bits per heavy atom. The molecule has 0 aliphatic rings. The number of likely N-dealkylation sites (N-methyl/N-ethyl adjacent to an activating group) is 1. The number of benzene rings is 2. The zero-order valence-corrected chi connectivity index (χ0v) is 17.9. The van der Waals surface area contributed by atoms with Crippen molar-refractivity contribution in [3.8, 4) is 23.0 Å². The average molecular weight is 402 g/mol. The number of amides is 1. The Balaban J connectivity index is 2.04. The second kappa shape index (κ2) is 10.6. The summed E-state index contributed by atoms with van der Waals surface area (Å²) in [7, 11) is 6.65. The molecule has 0 fully saturated rings. The Hall–Kier alpha value is -2.93. The quantitative estimate of drug-likeness (QED) is 0.655. The van der Waals surface area contributed by atoms with Gasteiger partial charge in [-0.2, -0.15) is 0 Å². The summed E-state index contributed by atoms with van der Waals surface area (Å²) in [6.45, 7) is 4.95. The zero-order chi connectivity index (χ0) is 21.4. The highest BCUT2D eigenvalue weighted by Crippen LogP contribution is 2.30. The van der Waals surface area contributed by atoms with Gasteiger partial charge in [0.15, 0.2) is 23.0 Å². The van der Waals surface area contributed by atoms with Crippen molar-refractivity contribution in [2.75, 3.05) is 40.3 Å². The van der Waals surface area contributed by atoms with E-state index < -0.39 is 0 Å². The fourth-order valence-electron chi connectivity index (χ4n) is 2.87. The molecule has 0 saturated heterocycles. The topological polar surface area (TPSA) is 69.3 Å². The number of nitrogens with one attached hydrogen (secondary N) is 1. The third kappa shape index (κ3) is 5.77. The third-order valence-electron chi connectivity index (χ3n) is 4.65. The maximum atomic E-state index is 12.7. The summed E-state index contributed by atoms with van der Waals surface area (Å²) in [5, 5.41) is 2.92. The number of carbonyl (C=O) groups excluding carboxylic acids is 1. The van der Waals surface area contributed by atoms with E-state index in [4.69, 9.17) is 18.9 Å². The summed E-state index contributed by atoms with van der Waals surface area (Å²) >= 11 is 0. The Bertz CT molecular complexity index is 825. The van der Waals surface area contributed by atoms with Crippen molar-refractivity contribution in [1.29, 1.82) is 0 Å². The lowest BCUT2D eigenvalue weighted by Gasteiger charge is -2.24. The van der Waals surface area contributed by atoms with Gasteiger partial charge in [0.25, 0.3) is 0 Å². The molecule has 0 spiro atoms. The van der Waals surface area contributed by atoms with Crippen molar-refractivity contribution in [2.45, 2.75) is 26.4 Å². The molecule has 29 heavy (non-hydrogen) atoms. The lowest BCUT2D eigenvalue weighted by Crippen LogP contribution is -2.39. The molecule has 2 aromatic rings. The van der Waals surface area contributed by atoms with Gasteiger partial charge in [0.2, 0.25) is 5.91 Å². The number of ether oxygens (including phenoxy) is 4. The van der Waals surface area contributed by atoms with E-state index in [-0.39, 0.29) is 11.9 Å². The van der Waals surface area contributed by atoms with E-state index >= 15 is 0 Å². The molecule has 1 N–H and O–H groups in total. The summed E-state index contributed by atoms with van der Waals surface area (Å²) in [6, 6.07) is 10.7. The first-order valence-electron chi connectivity index (χ1n) is 9.46. The van der Waals surface area contributed by atoms with Crippen molar-refractivity contribution in [2.24, 2.45) is 0 Å². The molecule has 0 aliphatic heterocycles. The highest BCUT2D eigenvalue weighted by atomic mass is 16.5. The number of nitrogens with zero attached hydrogens (tertiary/aromatic N) is 1. The van der Waals surface area contributed by atoms with Crippen LogP contribution in [0.4, 0.5) is 5.69 Å². The van der Waals surface area contributed by atoms with E-state index in [1.165, 1.54) is 0 Å². The molecule has 2 rings (SSSR count). The molecule has 0 radical (unpaired) electrons. The molecule has 7 heteroatoms. The van der Waals surface area contributed by atoms with E-state index in [1.54, 1.807) is 39.5 Å². The van der Waals surface area contributed by atoms with Crippen molar-refractivity contribution in [3.63, 3.8) is 0 Å². The maximum absolute atomic E-state index is 12.7. The van der Waals surface area contributed by atoms with Crippen LogP contribution in [0.15, 0.2) is 36.4 Å². The van der Waals surface area contributed by atoms with Crippen LogP contribution in [0.1, 0.15) is 19.4 Å². The third-order valence-corrected chi connectivity index (χ3v) is 4.65. The number of methoxy groups -OCH3 is 3. The van der Waals surface area contributed by atoms with E-state index in [9.17, 15) is 4.79 Å². The number of rotatable bonds is 10. The van der Waals surface area contributed by atoms with Gasteiger partial charge in [0, 0.05) is 18.3 Å². The molecular weight excluding hydrogens is 372 g/mol. The predicted octanol–water partition coefficient (Wildman–Crippen LogP) is 3.57. The van der Waals surface area contributed by atoms with Gasteiger partial charge in [0.1, 0.15) is 0 Å². The summed E-state index contributed by atoms with van der Waals surface area (Å²) in [5.74, 6) is 2.45. The highest BCUT2D eigenvalue weighted by Gasteiger charge is 2.19. The number of hydrogen-bond donors (Lipinski definition) is 1. The Kier molecular flexibility index (Phi) is 8.15. The summed E-state index contributed by atoms with van der Waals surface area (Å²) in [4.78, 5) is 14.7. The highest BCUT2D eigenvalue weighted by molar-refractivity contribution is 5.94. The second-order valence-electron chi connectivity index (χ2n) is 6.57. The van der Waals surface area contributed by atoms with Crippen LogP contribution < -0.4 is 24.3 Å². The van der Waals surface area contributed by atoms with Crippen molar-refractivity contribution >= 4 is 11.6 Å². The van der Waals surface area contributed by atoms with E-state index in [0.29, 0.717) is 41.8 Å². The molecule has 158 valence electrons. The van der Waals surface area contributed by atoms with Crippen LogP contribution >= 0.6 is 0 Å². The fraction of sp³-hybridized carbons (Fsp3) is 0.409. The minimum Gasteiger partial charge on any atom is -0.493 e. The van der Waals surface area contributed by atoms with Crippen LogP contribution in [0.2, 0.25) is 0 Å². The van der Waals surface area contributed by atoms with Crippen LogP contribution in [0, 0.1) is 0 Å². The maximum Gasteiger partial charge on any atom is 0.241 e. The molecule has 7 nitrogen and oxygen atoms in total. The van der Waals surface area contributed by atoms with Gasteiger partial charge in [-0.25, -0.2) is 0 Å². The molecule has 1 amide bonds. The molecule has 0 aliphatic carbocycles. The van der Waals surface area contributed by atoms with Crippen molar-refractivity contribution in [3.05, 3.63) is 42.0 Å². The smallest absolute Gasteiger partial charge is 0.241 e. The molecule has 2 aromatic carbocycles. The van der Waals surface area contributed by atoms with Gasteiger partial charge in [-0.15, -0.1) is 0 Å². The standard InChI is InChI=1S/C22H30N2O5/c1-7-29-19-10-8-16(12-20(19)27-5)14-24(3)15(2)22(25)23-17-9-11-18(26-4)21(13-17)28-6/h8-13,15H,7,14H2,1-6H3,(H,23,25)/t15-/m0/s1. The van der Waals surface area contributed by atoms with Gasteiger partial charge in [-0.05, 0) is 50.7 Å². The molecule has 0 bridgehead atoms. The zero-order valence-electron chi connectivity index (χ0n) is 17.9. The van der Waals surface area contributed by atoms with Gasteiger partial charge in [0.05, 0.1) is 34.0 Å². The minimum absolute atomic E-state index is 0.113. The van der Waals surface area contributed by atoms with E-state index in [1.807, 2.05) is 44.0 Å². The van der Waals surface area contributed by atoms with Crippen LogP contribution in [-0.2, 0) is 11.3 Å². The van der Waals surface area contributed by atoms with Crippen LogP contribution in [0.3, 0.4) is 0 Å². The molecule has 0 heterocycles. The molecular formula is C22H30N2O5. The van der Waals surface area contributed by atoms with Crippen LogP contribution in [0.25, 0.3) is 0 Å². The monoisotopic (exact) mass is 402 g/mol. The van der Waals surface area contributed by atoms with Gasteiger partial charge in [-0.3, -0.25) is 9.69 Å². The van der Waals surface area contributed by atoms with E-state index in [2.05, 4.69) is 5.32 Å². The number of hydrogen-bond acceptors (Lipinski definition) is 6. The lowest BCUT2D eigenvalue weighted by molar-refractivity contribution is -0.120. The normalized spacial score (nSPS) is 11.7. The minimum atomic E-state index is -0.347. The van der Waals surface area contributed by atoms with Crippen LogP contribution in [0.5, 0.6) is 23.0 Å². The second-order valence-corrected chi connectivity index (χ2v) is 6.57. The fourth-order valence-corrected chi connectivity index (χ4v) is 2.87. The summed E-state index contributed by atoms with van der Waals surface area (Å²) < 4.78 is 21.5. The first kappa shape index (κ1) is 22.4. The van der Waals surface area contributed by atoms with Gasteiger partial charge in [-0.1, -0.05) is 6.07 Å². The predicted molar refractivity (Wildman–Crippen MR) is 113 cm³/mol. The van der Waals surface area contributed by atoms with Gasteiger partial charge >= 0.3 is 0 Å². The lowest BCUT2D eigenvalue weighted by atomic mass is 10.1. The number of anilines is 1. The van der Waals surface area contributed by atoms with Crippen molar-refractivity contribution < 1.29 is 23.7 Å².